The van der Waals surface area contributed by atoms with Gasteiger partial charge in [-0.05, 0) is 31.2 Å². The quantitative estimate of drug-likeness (QED) is 0.250. The lowest BCUT2D eigenvalue weighted by Crippen LogP contribution is -2.24. The molecule has 150 valence electrons. The van der Waals surface area contributed by atoms with E-state index < -0.39 is 16.1 Å². The number of anilines is 1. The van der Waals surface area contributed by atoms with Crippen LogP contribution in [0.4, 0.5) is 11.4 Å². The van der Waals surface area contributed by atoms with Crippen LogP contribution in [0.5, 0.6) is 0 Å². The molecule has 0 radical (unpaired) electrons. The van der Waals surface area contributed by atoms with Gasteiger partial charge in [-0.2, -0.15) is 0 Å². The highest BCUT2D eigenvalue weighted by Crippen LogP contribution is 2.32. The van der Waals surface area contributed by atoms with E-state index in [-0.39, 0.29) is 22.4 Å². The van der Waals surface area contributed by atoms with Crippen molar-refractivity contribution in [2.45, 2.75) is 17.3 Å². The Hall–Kier alpha value is -2.82. The van der Waals surface area contributed by atoms with Crippen molar-refractivity contribution < 1.29 is 9.72 Å². The van der Waals surface area contributed by atoms with Gasteiger partial charge in [0, 0.05) is 16.7 Å². The molecule has 0 aliphatic carbocycles. The van der Waals surface area contributed by atoms with Crippen LogP contribution in [0.15, 0.2) is 47.6 Å². The first-order chi connectivity index (χ1) is 13.8. The van der Waals surface area contributed by atoms with Crippen molar-refractivity contribution >= 4 is 52.2 Å². The van der Waals surface area contributed by atoms with Crippen LogP contribution in [-0.2, 0) is 4.79 Å². The molecular weight excluding hydrogens is 439 g/mol. The summed E-state index contributed by atoms with van der Waals surface area (Å²) in [6, 6.07) is 10.7. The fourth-order valence-electron chi connectivity index (χ4n) is 2.39. The summed E-state index contributed by atoms with van der Waals surface area (Å²) >= 11 is 13.2. The molecule has 0 saturated heterocycles. The molecule has 0 bridgehead atoms. The average Bonchev–Trinajstić information content (AvgIpc) is 3.04. The Kier molecular flexibility index (Phi) is 6.26. The molecule has 3 aromatic rings. The number of nitro groups is 1. The van der Waals surface area contributed by atoms with E-state index in [2.05, 4.69) is 15.5 Å². The maximum atomic E-state index is 12.5. The summed E-state index contributed by atoms with van der Waals surface area (Å²) in [5.41, 5.74) is 0.409. The minimum atomic E-state index is -0.663. The van der Waals surface area contributed by atoms with Gasteiger partial charge in [0.1, 0.15) is 5.69 Å². The third kappa shape index (κ3) is 4.61. The highest BCUT2D eigenvalue weighted by atomic mass is 35.5. The topological polar surface area (TPSA) is 129 Å². The van der Waals surface area contributed by atoms with Crippen LogP contribution in [0, 0.1) is 10.1 Å². The second kappa shape index (κ2) is 8.68. The number of nitrogen functional groups attached to an aromatic ring is 1. The van der Waals surface area contributed by atoms with Crippen LogP contribution in [0.25, 0.3) is 11.4 Å². The number of halogens is 2. The van der Waals surface area contributed by atoms with Gasteiger partial charge in [-0.3, -0.25) is 14.9 Å². The van der Waals surface area contributed by atoms with Gasteiger partial charge < -0.3 is 11.2 Å². The van der Waals surface area contributed by atoms with Crippen LogP contribution in [0.2, 0.25) is 10.0 Å². The van der Waals surface area contributed by atoms with Crippen LogP contribution in [0.1, 0.15) is 6.92 Å². The highest BCUT2D eigenvalue weighted by molar-refractivity contribution is 8.00. The Bertz CT molecular complexity index is 1090. The zero-order chi connectivity index (χ0) is 21.1. The molecule has 3 N–H and O–H groups in total. The third-order valence-electron chi connectivity index (χ3n) is 3.84. The number of nitrogens with one attached hydrogen (secondary N) is 1. The lowest BCUT2D eigenvalue weighted by atomic mass is 10.2. The summed E-state index contributed by atoms with van der Waals surface area (Å²) in [6.07, 6.45) is 0. The summed E-state index contributed by atoms with van der Waals surface area (Å²) in [4.78, 5) is 23.0. The van der Waals surface area contributed by atoms with Crippen molar-refractivity contribution in [1.82, 2.24) is 14.9 Å². The molecule has 1 amide bonds. The molecule has 0 spiro atoms. The standard InChI is InChI=1S/C17H14Cl2N6O3S/c1-9(16(26)21-13-4-2-3-5-14(13)25(27)28)29-17-23-22-15(24(17)20)11-8-10(18)6-7-12(11)19/h2-9H,20H2,1H3,(H,21,26). The van der Waals surface area contributed by atoms with Gasteiger partial charge in [-0.25, -0.2) is 4.68 Å². The first-order valence-electron chi connectivity index (χ1n) is 8.14. The second-order valence-electron chi connectivity index (χ2n) is 5.82. The van der Waals surface area contributed by atoms with Crippen LogP contribution >= 0.6 is 35.0 Å². The monoisotopic (exact) mass is 452 g/mol. The molecule has 12 heteroatoms. The van der Waals surface area contributed by atoms with E-state index in [1.54, 1.807) is 31.2 Å². The number of carbonyl (C=O) groups is 1. The lowest BCUT2D eigenvalue weighted by molar-refractivity contribution is -0.383. The molecule has 0 fully saturated rings. The van der Waals surface area contributed by atoms with E-state index in [0.29, 0.717) is 15.6 Å². The second-order valence-corrected chi connectivity index (χ2v) is 7.98. The number of nitrogens with zero attached hydrogens (tertiary/aromatic N) is 4. The maximum Gasteiger partial charge on any atom is 0.292 e. The highest BCUT2D eigenvalue weighted by Gasteiger charge is 2.23. The molecule has 0 saturated carbocycles. The molecule has 9 nitrogen and oxygen atoms in total. The first kappa shape index (κ1) is 20.9. The molecule has 1 aromatic heterocycles. The smallest absolute Gasteiger partial charge is 0.292 e. The number of carbonyl (C=O) groups excluding carboxylic acids is 1. The Balaban J connectivity index is 1.77. The van der Waals surface area contributed by atoms with E-state index in [9.17, 15) is 14.9 Å². The maximum absolute atomic E-state index is 12.5. The summed E-state index contributed by atoms with van der Waals surface area (Å²) in [5, 5.41) is 22.1. The average molecular weight is 453 g/mol. The van der Waals surface area contributed by atoms with Gasteiger partial charge >= 0.3 is 0 Å². The van der Waals surface area contributed by atoms with E-state index in [0.717, 1.165) is 11.8 Å². The minimum absolute atomic E-state index is 0.107. The number of nitro benzene ring substituents is 1. The Morgan fingerprint density at radius 3 is 2.72 bits per heavy atom. The molecule has 2 aromatic carbocycles. The minimum Gasteiger partial charge on any atom is -0.335 e. The molecule has 3 rings (SSSR count). The van der Waals surface area contributed by atoms with E-state index in [1.807, 2.05) is 0 Å². The van der Waals surface area contributed by atoms with Crippen LogP contribution in [-0.4, -0.2) is 31.0 Å². The van der Waals surface area contributed by atoms with Crippen LogP contribution in [0.3, 0.4) is 0 Å². The van der Waals surface area contributed by atoms with Gasteiger partial charge in [0.05, 0.1) is 15.2 Å². The molecule has 1 unspecified atom stereocenters. The summed E-state index contributed by atoms with van der Waals surface area (Å²) in [7, 11) is 0. The number of hydrogen-bond acceptors (Lipinski definition) is 7. The molecule has 1 atom stereocenters. The first-order valence-corrected chi connectivity index (χ1v) is 9.78. The molecule has 29 heavy (non-hydrogen) atoms. The largest absolute Gasteiger partial charge is 0.335 e. The SMILES string of the molecule is CC(Sc1nnc(-c2cc(Cl)ccc2Cl)n1N)C(=O)Nc1ccccc1[N+](=O)[O-]. The van der Waals surface area contributed by atoms with Crippen LogP contribution < -0.4 is 11.2 Å². The van der Waals surface area contributed by atoms with Crippen molar-refractivity contribution in [3.05, 3.63) is 62.6 Å². The van der Waals surface area contributed by atoms with Crippen molar-refractivity contribution in [2.75, 3.05) is 11.2 Å². The van der Waals surface area contributed by atoms with Crippen molar-refractivity contribution in [1.29, 1.82) is 0 Å². The zero-order valence-electron chi connectivity index (χ0n) is 14.9. The number of rotatable bonds is 6. The fraction of sp³-hybridized carbons (Fsp3) is 0.118. The lowest BCUT2D eigenvalue weighted by Gasteiger charge is -2.12. The van der Waals surface area contributed by atoms with E-state index in [4.69, 9.17) is 29.0 Å². The Morgan fingerprint density at radius 2 is 2.00 bits per heavy atom. The summed E-state index contributed by atoms with van der Waals surface area (Å²) in [6.45, 7) is 1.62. The number of amides is 1. The zero-order valence-corrected chi connectivity index (χ0v) is 17.2. The number of benzene rings is 2. The molecule has 0 aliphatic heterocycles. The summed E-state index contributed by atoms with van der Waals surface area (Å²) in [5.74, 6) is 5.90. The van der Waals surface area contributed by atoms with Gasteiger partial charge in [-0.1, -0.05) is 47.1 Å². The number of aromatic nitrogens is 3. The Labute approximate surface area is 179 Å². The number of nitrogens with two attached hydrogens (primary N) is 1. The predicted octanol–water partition coefficient (Wildman–Crippen LogP) is 3.99. The van der Waals surface area contributed by atoms with Crippen molar-refractivity contribution in [2.24, 2.45) is 0 Å². The van der Waals surface area contributed by atoms with E-state index >= 15 is 0 Å². The molecular formula is C17H14Cl2N6O3S. The van der Waals surface area contributed by atoms with Gasteiger partial charge in [-0.15, -0.1) is 10.2 Å². The van der Waals surface area contributed by atoms with Crippen molar-refractivity contribution in [3.63, 3.8) is 0 Å². The van der Waals surface area contributed by atoms with Crippen molar-refractivity contribution in [3.8, 4) is 11.4 Å². The van der Waals surface area contributed by atoms with Gasteiger partial charge in [0.25, 0.3) is 5.69 Å². The number of thioether (sulfide) groups is 1. The molecule has 0 aliphatic rings. The summed E-state index contributed by atoms with van der Waals surface area (Å²) < 4.78 is 1.21. The van der Waals surface area contributed by atoms with E-state index in [1.165, 1.54) is 22.9 Å². The Morgan fingerprint density at radius 1 is 1.28 bits per heavy atom. The molecule has 1 heterocycles. The normalized spacial score (nSPS) is 11.8. The predicted molar refractivity (Wildman–Crippen MR) is 113 cm³/mol. The number of para-hydroxylation sites is 2. The fourth-order valence-corrected chi connectivity index (χ4v) is 3.54. The number of hydrogen-bond donors (Lipinski definition) is 2. The third-order valence-corrected chi connectivity index (χ3v) is 5.47. The van der Waals surface area contributed by atoms with Gasteiger partial charge in [0.2, 0.25) is 11.1 Å². The van der Waals surface area contributed by atoms with Gasteiger partial charge in [0.15, 0.2) is 5.82 Å².